The Morgan fingerprint density at radius 1 is 1.38 bits per heavy atom. The molecule has 1 amide bonds. The number of carbonyl (C=O) groups is 1. The van der Waals surface area contributed by atoms with Gasteiger partial charge >= 0.3 is 0 Å². The van der Waals surface area contributed by atoms with Gasteiger partial charge in [0.05, 0.1) is 0 Å². The van der Waals surface area contributed by atoms with Crippen molar-refractivity contribution in [1.82, 2.24) is 4.90 Å². The summed E-state index contributed by atoms with van der Waals surface area (Å²) >= 11 is 0. The van der Waals surface area contributed by atoms with Crippen molar-refractivity contribution in [1.29, 1.82) is 0 Å². The first-order chi connectivity index (χ1) is 10.1. The van der Waals surface area contributed by atoms with Crippen molar-refractivity contribution < 1.29 is 9.90 Å². The number of carbonyl (C=O) groups excluding carboxylic acids is 1. The Hall–Kier alpha value is -1.59. The van der Waals surface area contributed by atoms with Crippen LogP contribution in [-0.4, -0.2) is 48.6 Å². The molecule has 5 heteroatoms. The summed E-state index contributed by atoms with van der Waals surface area (Å²) in [5, 5.41) is 12.6. The lowest BCUT2D eigenvalue weighted by atomic mass is 10.1. The van der Waals surface area contributed by atoms with Crippen LogP contribution in [0.2, 0.25) is 0 Å². The maximum Gasteiger partial charge on any atom is 0.257 e. The van der Waals surface area contributed by atoms with Crippen LogP contribution in [0.5, 0.6) is 0 Å². The van der Waals surface area contributed by atoms with E-state index in [9.17, 15) is 9.90 Å². The Balaban J connectivity index is 1.89. The Labute approximate surface area is 125 Å². The van der Waals surface area contributed by atoms with Crippen LogP contribution in [0.1, 0.15) is 31.4 Å². The lowest BCUT2D eigenvalue weighted by Crippen LogP contribution is -2.39. The van der Waals surface area contributed by atoms with E-state index >= 15 is 0 Å². The molecule has 2 atom stereocenters. The molecule has 2 heterocycles. The first-order valence-corrected chi connectivity index (χ1v) is 7.68. The van der Waals surface area contributed by atoms with Gasteiger partial charge < -0.3 is 20.2 Å². The number of rotatable bonds is 2. The summed E-state index contributed by atoms with van der Waals surface area (Å²) < 4.78 is 0. The average molecular weight is 289 g/mol. The van der Waals surface area contributed by atoms with E-state index in [2.05, 4.69) is 29.1 Å². The summed E-state index contributed by atoms with van der Waals surface area (Å²) in [5.74, 6) is -0.329. The van der Waals surface area contributed by atoms with Crippen LogP contribution in [0.3, 0.4) is 0 Å². The predicted molar refractivity (Wildman–Crippen MR) is 83.6 cm³/mol. The maximum atomic E-state index is 11.6. The second-order valence-corrected chi connectivity index (χ2v) is 6.03. The van der Waals surface area contributed by atoms with Crippen molar-refractivity contribution in [2.45, 2.75) is 31.9 Å². The summed E-state index contributed by atoms with van der Waals surface area (Å²) in [6.45, 7) is 5.42. The molecule has 0 aromatic heterocycles. The predicted octanol–water partition coefficient (Wildman–Crippen LogP) is 1.59. The van der Waals surface area contributed by atoms with E-state index in [0.29, 0.717) is 11.6 Å². The van der Waals surface area contributed by atoms with Gasteiger partial charge in [0.1, 0.15) is 0 Å². The quantitative estimate of drug-likeness (QED) is 0.868. The second-order valence-electron chi connectivity index (χ2n) is 6.03. The highest BCUT2D eigenvalue weighted by Crippen LogP contribution is 2.35. The highest BCUT2D eigenvalue weighted by atomic mass is 16.3. The minimum atomic E-state index is -1.02. The smallest absolute Gasteiger partial charge is 0.257 e. The van der Waals surface area contributed by atoms with Crippen molar-refractivity contribution in [3.8, 4) is 0 Å². The molecule has 2 aliphatic rings. The van der Waals surface area contributed by atoms with Gasteiger partial charge in [-0.1, -0.05) is 13.0 Å². The van der Waals surface area contributed by atoms with Crippen molar-refractivity contribution >= 4 is 17.3 Å². The van der Waals surface area contributed by atoms with Gasteiger partial charge in [0.2, 0.25) is 0 Å². The summed E-state index contributed by atoms with van der Waals surface area (Å²) in [4.78, 5) is 16.4. The molecule has 1 saturated heterocycles. The van der Waals surface area contributed by atoms with Gasteiger partial charge in [-0.05, 0) is 38.6 Å². The zero-order valence-electron chi connectivity index (χ0n) is 12.7. The number of hydrogen-bond acceptors (Lipinski definition) is 4. The molecule has 2 N–H and O–H groups in total. The molecule has 0 aliphatic carbocycles. The molecule has 1 aromatic carbocycles. The number of nitrogens with one attached hydrogen (secondary N) is 1. The number of fused-ring (bicyclic) bond motifs is 1. The topological polar surface area (TPSA) is 55.8 Å². The molecule has 2 unspecified atom stereocenters. The van der Waals surface area contributed by atoms with Gasteiger partial charge in [-0.3, -0.25) is 4.79 Å². The van der Waals surface area contributed by atoms with Crippen LogP contribution in [0.25, 0.3) is 0 Å². The molecule has 114 valence electrons. The molecular formula is C16H23N3O2. The number of benzene rings is 1. The molecule has 2 aliphatic heterocycles. The fourth-order valence-corrected chi connectivity index (χ4v) is 3.34. The number of hydrogen-bond donors (Lipinski definition) is 2. The highest BCUT2D eigenvalue weighted by molar-refractivity contribution is 6.02. The first kappa shape index (κ1) is 14.4. The number of anilines is 2. The minimum Gasteiger partial charge on any atom is -0.378 e. The van der Waals surface area contributed by atoms with Crippen LogP contribution in [-0.2, 0) is 4.79 Å². The maximum absolute atomic E-state index is 11.6. The molecule has 0 radical (unpaired) electrons. The third-order valence-electron chi connectivity index (χ3n) is 4.54. The molecule has 1 aromatic rings. The third kappa shape index (κ3) is 2.63. The van der Waals surface area contributed by atoms with Crippen molar-refractivity contribution in [3.63, 3.8) is 0 Å². The summed E-state index contributed by atoms with van der Waals surface area (Å²) in [7, 11) is 2.17. The van der Waals surface area contributed by atoms with E-state index < -0.39 is 6.10 Å². The Kier molecular flexibility index (Phi) is 3.87. The number of aliphatic hydroxyl groups excluding tert-OH is 1. The standard InChI is InChI=1S/C16H23N3O2/c1-3-11-10-18(2)7-4-8-19(11)12-5-6-13-14(9-12)17-16(21)15(13)20/h5-6,9,11,15,20H,3-4,7-8,10H2,1-2H3,(H,17,21). The zero-order valence-corrected chi connectivity index (χ0v) is 12.7. The van der Waals surface area contributed by atoms with Crippen LogP contribution in [0, 0.1) is 0 Å². The number of aliphatic hydroxyl groups is 1. The second kappa shape index (κ2) is 5.66. The van der Waals surface area contributed by atoms with Gasteiger partial charge in [-0.2, -0.15) is 0 Å². The van der Waals surface area contributed by atoms with E-state index in [1.165, 1.54) is 0 Å². The number of nitrogens with zero attached hydrogens (tertiary/aromatic N) is 2. The first-order valence-electron chi connectivity index (χ1n) is 7.68. The van der Waals surface area contributed by atoms with Gasteiger partial charge in [0.25, 0.3) is 5.91 Å². The van der Waals surface area contributed by atoms with Crippen molar-refractivity contribution in [2.75, 3.05) is 36.9 Å². The summed E-state index contributed by atoms with van der Waals surface area (Å²) in [5.41, 5.74) is 2.56. The van der Waals surface area contributed by atoms with E-state index in [1.807, 2.05) is 18.2 Å². The fraction of sp³-hybridized carbons (Fsp3) is 0.562. The molecule has 0 saturated carbocycles. The highest BCUT2D eigenvalue weighted by Gasteiger charge is 2.30. The summed E-state index contributed by atoms with van der Waals surface area (Å²) in [6.07, 6.45) is 1.21. The van der Waals surface area contributed by atoms with Crippen molar-refractivity contribution in [3.05, 3.63) is 23.8 Å². The SMILES string of the molecule is CCC1CN(C)CCCN1c1ccc2c(c1)NC(=O)C2O. The van der Waals surface area contributed by atoms with Gasteiger partial charge in [0.15, 0.2) is 6.10 Å². The lowest BCUT2D eigenvalue weighted by Gasteiger charge is -2.32. The average Bonchev–Trinajstić information content (AvgIpc) is 2.65. The van der Waals surface area contributed by atoms with E-state index in [4.69, 9.17) is 0 Å². The van der Waals surface area contributed by atoms with Gasteiger partial charge in [-0.15, -0.1) is 0 Å². The normalized spacial score (nSPS) is 26.4. The largest absolute Gasteiger partial charge is 0.378 e. The monoisotopic (exact) mass is 289 g/mol. The molecule has 0 spiro atoms. The van der Waals surface area contributed by atoms with Crippen LogP contribution in [0.15, 0.2) is 18.2 Å². The minimum absolute atomic E-state index is 0.329. The molecule has 21 heavy (non-hydrogen) atoms. The Bertz CT molecular complexity index is 546. The Morgan fingerprint density at radius 2 is 2.19 bits per heavy atom. The zero-order chi connectivity index (χ0) is 15.0. The van der Waals surface area contributed by atoms with E-state index in [-0.39, 0.29) is 5.91 Å². The van der Waals surface area contributed by atoms with E-state index in [0.717, 1.165) is 43.9 Å². The van der Waals surface area contributed by atoms with Crippen molar-refractivity contribution in [2.24, 2.45) is 0 Å². The third-order valence-corrected chi connectivity index (χ3v) is 4.54. The molecule has 1 fully saturated rings. The molecule has 3 rings (SSSR count). The lowest BCUT2D eigenvalue weighted by molar-refractivity contribution is -0.123. The van der Waals surface area contributed by atoms with Crippen LogP contribution in [0.4, 0.5) is 11.4 Å². The summed E-state index contributed by atoms with van der Waals surface area (Å²) in [6, 6.07) is 6.38. The van der Waals surface area contributed by atoms with E-state index in [1.54, 1.807) is 0 Å². The molecule has 0 bridgehead atoms. The van der Waals surface area contributed by atoms with Crippen LogP contribution >= 0.6 is 0 Å². The number of likely N-dealkylation sites (N-methyl/N-ethyl adjacent to an activating group) is 1. The fourth-order valence-electron chi connectivity index (χ4n) is 3.34. The molecular weight excluding hydrogens is 266 g/mol. The van der Waals surface area contributed by atoms with Gasteiger partial charge in [-0.25, -0.2) is 0 Å². The van der Waals surface area contributed by atoms with Gasteiger partial charge in [0, 0.05) is 36.1 Å². The Morgan fingerprint density at radius 3 is 2.95 bits per heavy atom. The number of amides is 1. The van der Waals surface area contributed by atoms with Crippen LogP contribution < -0.4 is 10.2 Å². The molecule has 5 nitrogen and oxygen atoms in total.